The molecule has 0 amide bonds. The first-order valence-corrected chi connectivity index (χ1v) is 5.06. The highest BCUT2D eigenvalue weighted by Crippen LogP contribution is 2.44. The molecular formula is C9H8Cl3FO. The minimum atomic E-state index is -0.792. The van der Waals surface area contributed by atoms with Crippen molar-refractivity contribution in [1.29, 1.82) is 0 Å². The predicted molar refractivity (Wildman–Crippen MR) is 57.2 cm³/mol. The molecule has 0 heterocycles. The third-order valence-electron chi connectivity index (χ3n) is 1.85. The quantitative estimate of drug-likeness (QED) is 0.575. The summed E-state index contributed by atoms with van der Waals surface area (Å²) in [6.45, 7) is 3.54. The number of phenolic OH excluding ortho intramolecular Hbond substituents is 1. The Morgan fingerprint density at radius 1 is 1.07 bits per heavy atom. The molecule has 0 saturated heterocycles. The lowest BCUT2D eigenvalue weighted by atomic mass is 10.0. The van der Waals surface area contributed by atoms with Crippen molar-refractivity contribution < 1.29 is 9.50 Å². The Labute approximate surface area is 96.4 Å². The zero-order valence-electron chi connectivity index (χ0n) is 7.54. The minimum absolute atomic E-state index is 0.133. The van der Waals surface area contributed by atoms with Crippen molar-refractivity contribution in [3.8, 4) is 5.75 Å². The highest BCUT2D eigenvalue weighted by molar-refractivity contribution is 6.44. The van der Waals surface area contributed by atoms with Crippen LogP contribution < -0.4 is 0 Å². The normalized spacial score (nSPS) is 11.1. The van der Waals surface area contributed by atoms with Crippen LogP contribution in [0.15, 0.2) is 0 Å². The van der Waals surface area contributed by atoms with E-state index in [2.05, 4.69) is 0 Å². The van der Waals surface area contributed by atoms with E-state index in [0.29, 0.717) is 0 Å². The molecule has 0 atom stereocenters. The Balaban J connectivity index is 3.60. The Bertz CT molecular complexity index is 348. The highest BCUT2D eigenvalue weighted by atomic mass is 35.5. The second kappa shape index (κ2) is 4.13. The van der Waals surface area contributed by atoms with Crippen LogP contribution in [-0.4, -0.2) is 5.11 Å². The summed E-state index contributed by atoms with van der Waals surface area (Å²) < 4.78 is 13.3. The van der Waals surface area contributed by atoms with Gasteiger partial charge in [-0.15, -0.1) is 0 Å². The van der Waals surface area contributed by atoms with E-state index >= 15 is 0 Å². The first kappa shape index (κ1) is 11.9. The lowest BCUT2D eigenvalue weighted by Crippen LogP contribution is -1.95. The summed E-state index contributed by atoms with van der Waals surface area (Å²) >= 11 is 16.8. The topological polar surface area (TPSA) is 20.2 Å². The third-order valence-corrected chi connectivity index (χ3v) is 3.04. The second-order valence-corrected chi connectivity index (χ2v) is 4.31. The molecule has 1 aromatic carbocycles. The van der Waals surface area contributed by atoms with Gasteiger partial charge in [0, 0.05) is 5.56 Å². The van der Waals surface area contributed by atoms with E-state index in [-0.39, 0.29) is 32.3 Å². The predicted octanol–water partition coefficient (Wildman–Crippen LogP) is 4.61. The molecular weight excluding hydrogens is 249 g/mol. The Hall–Kier alpha value is -0.180. The summed E-state index contributed by atoms with van der Waals surface area (Å²) in [7, 11) is 0. The van der Waals surface area contributed by atoms with Gasteiger partial charge in [-0.25, -0.2) is 4.39 Å². The van der Waals surface area contributed by atoms with Gasteiger partial charge in [0.1, 0.15) is 15.8 Å². The van der Waals surface area contributed by atoms with Crippen molar-refractivity contribution in [3.63, 3.8) is 0 Å². The van der Waals surface area contributed by atoms with Crippen LogP contribution in [0.4, 0.5) is 4.39 Å². The fraction of sp³-hybridized carbons (Fsp3) is 0.333. The van der Waals surface area contributed by atoms with E-state index < -0.39 is 5.82 Å². The molecule has 0 saturated carbocycles. The van der Waals surface area contributed by atoms with Crippen LogP contribution in [0.3, 0.4) is 0 Å². The van der Waals surface area contributed by atoms with Crippen LogP contribution >= 0.6 is 34.8 Å². The summed E-state index contributed by atoms with van der Waals surface area (Å²) in [5, 5.41) is 8.87. The minimum Gasteiger partial charge on any atom is -0.506 e. The van der Waals surface area contributed by atoms with Gasteiger partial charge in [0.25, 0.3) is 0 Å². The molecule has 1 nitrogen and oxygen atoms in total. The maximum absolute atomic E-state index is 13.3. The number of halogens is 4. The Kier molecular flexibility index (Phi) is 3.51. The van der Waals surface area contributed by atoms with Gasteiger partial charge in [0.15, 0.2) is 5.82 Å². The Morgan fingerprint density at radius 3 is 2.00 bits per heavy atom. The molecule has 0 aliphatic heterocycles. The SMILES string of the molecule is CC(C)c1c(O)c(Cl)c(Cl)c(F)c1Cl. The molecule has 0 unspecified atom stereocenters. The largest absolute Gasteiger partial charge is 0.506 e. The molecule has 78 valence electrons. The van der Waals surface area contributed by atoms with Crippen LogP contribution in [-0.2, 0) is 0 Å². The lowest BCUT2D eigenvalue weighted by Gasteiger charge is -2.13. The monoisotopic (exact) mass is 256 g/mol. The van der Waals surface area contributed by atoms with E-state index in [1.807, 2.05) is 0 Å². The van der Waals surface area contributed by atoms with Crippen molar-refractivity contribution >= 4 is 34.8 Å². The average molecular weight is 258 g/mol. The molecule has 14 heavy (non-hydrogen) atoms. The van der Waals surface area contributed by atoms with Crippen molar-refractivity contribution in [3.05, 3.63) is 26.4 Å². The van der Waals surface area contributed by atoms with Crippen LogP contribution in [0.1, 0.15) is 25.3 Å². The number of benzene rings is 1. The first-order chi connectivity index (χ1) is 6.37. The van der Waals surface area contributed by atoms with Gasteiger partial charge in [-0.2, -0.15) is 0 Å². The van der Waals surface area contributed by atoms with E-state index in [9.17, 15) is 9.50 Å². The molecule has 1 rings (SSSR count). The van der Waals surface area contributed by atoms with Gasteiger partial charge in [-0.3, -0.25) is 0 Å². The van der Waals surface area contributed by atoms with Crippen LogP contribution in [0.5, 0.6) is 5.75 Å². The molecule has 0 spiro atoms. The number of hydrogen-bond donors (Lipinski definition) is 1. The van der Waals surface area contributed by atoms with Crippen molar-refractivity contribution in [2.24, 2.45) is 0 Å². The van der Waals surface area contributed by atoms with Gasteiger partial charge in [-0.1, -0.05) is 48.7 Å². The van der Waals surface area contributed by atoms with E-state index in [1.165, 1.54) is 0 Å². The van der Waals surface area contributed by atoms with E-state index in [1.54, 1.807) is 13.8 Å². The third kappa shape index (κ3) is 1.79. The van der Waals surface area contributed by atoms with Gasteiger partial charge in [-0.05, 0) is 5.92 Å². The smallest absolute Gasteiger partial charge is 0.162 e. The van der Waals surface area contributed by atoms with Crippen molar-refractivity contribution in [2.75, 3.05) is 0 Å². The van der Waals surface area contributed by atoms with Gasteiger partial charge in [0.05, 0.1) is 5.02 Å². The average Bonchev–Trinajstić information content (AvgIpc) is 2.11. The molecule has 0 aliphatic carbocycles. The first-order valence-electron chi connectivity index (χ1n) is 3.92. The molecule has 1 aromatic rings. The van der Waals surface area contributed by atoms with E-state index in [4.69, 9.17) is 34.8 Å². The second-order valence-electron chi connectivity index (χ2n) is 3.17. The van der Waals surface area contributed by atoms with Gasteiger partial charge in [0.2, 0.25) is 0 Å². The molecule has 0 aliphatic rings. The number of rotatable bonds is 1. The molecule has 0 radical (unpaired) electrons. The van der Waals surface area contributed by atoms with Crippen LogP contribution in [0, 0.1) is 5.82 Å². The lowest BCUT2D eigenvalue weighted by molar-refractivity contribution is 0.462. The summed E-state index contributed by atoms with van der Waals surface area (Å²) in [6.07, 6.45) is 0. The maximum Gasteiger partial charge on any atom is 0.162 e. The number of aromatic hydroxyl groups is 1. The summed E-state index contributed by atoms with van der Waals surface area (Å²) in [6, 6.07) is 0. The van der Waals surface area contributed by atoms with Gasteiger partial charge >= 0.3 is 0 Å². The number of hydrogen-bond acceptors (Lipinski definition) is 1. The van der Waals surface area contributed by atoms with Crippen molar-refractivity contribution in [2.45, 2.75) is 19.8 Å². The standard InChI is InChI=1S/C9H8Cl3FO/c1-3(2)4-5(10)8(13)6(11)7(12)9(4)14/h3,14H,1-2H3. The molecule has 0 fully saturated rings. The zero-order chi connectivity index (χ0) is 11.0. The fourth-order valence-corrected chi connectivity index (χ4v) is 1.98. The maximum atomic E-state index is 13.3. The zero-order valence-corrected chi connectivity index (χ0v) is 9.80. The van der Waals surface area contributed by atoms with Gasteiger partial charge < -0.3 is 5.11 Å². The highest BCUT2D eigenvalue weighted by Gasteiger charge is 2.22. The Morgan fingerprint density at radius 2 is 1.57 bits per heavy atom. The summed E-state index contributed by atoms with van der Waals surface area (Å²) in [4.78, 5) is 0. The number of phenols is 1. The van der Waals surface area contributed by atoms with E-state index in [0.717, 1.165) is 0 Å². The van der Waals surface area contributed by atoms with Crippen LogP contribution in [0.2, 0.25) is 15.1 Å². The summed E-state index contributed by atoms with van der Waals surface area (Å²) in [5.74, 6) is -1.18. The summed E-state index contributed by atoms with van der Waals surface area (Å²) in [5.41, 5.74) is 0.276. The molecule has 0 aromatic heterocycles. The molecule has 5 heteroatoms. The van der Waals surface area contributed by atoms with Crippen LogP contribution in [0.25, 0.3) is 0 Å². The molecule has 0 bridgehead atoms. The van der Waals surface area contributed by atoms with Crippen molar-refractivity contribution in [1.82, 2.24) is 0 Å². The molecule has 1 N–H and O–H groups in total. The fourth-order valence-electron chi connectivity index (χ4n) is 1.16.